The van der Waals surface area contributed by atoms with E-state index < -0.39 is 9.84 Å². The molecule has 1 N–H and O–H groups in total. The van der Waals surface area contributed by atoms with Crippen molar-refractivity contribution in [2.45, 2.75) is 19.3 Å². The van der Waals surface area contributed by atoms with E-state index in [1.54, 1.807) is 6.07 Å². The Hall–Kier alpha value is -1.07. The predicted molar refractivity (Wildman–Crippen MR) is 79.5 cm³/mol. The van der Waals surface area contributed by atoms with Crippen molar-refractivity contribution in [2.24, 2.45) is 5.92 Å². The fourth-order valence-corrected chi connectivity index (χ4v) is 4.51. The van der Waals surface area contributed by atoms with Gasteiger partial charge in [-0.2, -0.15) is 0 Å². The molecule has 110 valence electrons. The summed E-state index contributed by atoms with van der Waals surface area (Å²) < 4.78 is 22.6. The molecule has 1 unspecified atom stereocenters. The molecular weight excluding hydrogens is 298 g/mol. The van der Waals surface area contributed by atoms with Crippen molar-refractivity contribution in [3.8, 4) is 0 Å². The van der Waals surface area contributed by atoms with Gasteiger partial charge in [-0.25, -0.2) is 8.42 Å². The van der Waals surface area contributed by atoms with Gasteiger partial charge < -0.3 is 5.32 Å². The second kappa shape index (κ2) is 6.59. The third kappa shape index (κ3) is 4.49. The Balaban J connectivity index is 1.72. The van der Waals surface area contributed by atoms with E-state index >= 15 is 0 Å². The van der Waals surface area contributed by atoms with Gasteiger partial charge in [0.15, 0.2) is 9.84 Å². The van der Waals surface area contributed by atoms with Crippen molar-refractivity contribution in [1.82, 2.24) is 5.32 Å². The van der Waals surface area contributed by atoms with Crippen LogP contribution in [0.2, 0.25) is 5.02 Å². The predicted octanol–water partition coefficient (Wildman–Crippen LogP) is 1.82. The maximum atomic E-state index is 11.8. The van der Waals surface area contributed by atoms with Gasteiger partial charge in [-0.15, -0.1) is 0 Å². The van der Waals surface area contributed by atoms with Crippen molar-refractivity contribution in [2.75, 3.05) is 18.1 Å². The standard InChI is InChI=1S/C14H18ClNO3S/c15-13-4-2-1-3-12(13)9-14(17)16-7-5-11-6-8-20(18,19)10-11/h1-4,11H,5-10H2,(H,16,17). The van der Waals surface area contributed by atoms with Gasteiger partial charge in [-0.1, -0.05) is 29.8 Å². The van der Waals surface area contributed by atoms with Crippen LogP contribution in [0.3, 0.4) is 0 Å². The molecule has 1 aromatic carbocycles. The van der Waals surface area contributed by atoms with Crippen LogP contribution >= 0.6 is 11.6 Å². The van der Waals surface area contributed by atoms with Crippen LogP contribution in [0.25, 0.3) is 0 Å². The van der Waals surface area contributed by atoms with E-state index in [0.29, 0.717) is 24.4 Å². The number of hydrogen-bond donors (Lipinski definition) is 1. The third-order valence-electron chi connectivity index (χ3n) is 3.51. The molecule has 0 spiro atoms. The number of benzene rings is 1. The number of carbonyl (C=O) groups is 1. The molecule has 6 heteroatoms. The molecule has 20 heavy (non-hydrogen) atoms. The Kier molecular flexibility index (Phi) is 5.05. The summed E-state index contributed by atoms with van der Waals surface area (Å²) >= 11 is 5.99. The number of hydrogen-bond acceptors (Lipinski definition) is 3. The second-order valence-electron chi connectivity index (χ2n) is 5.18. The molecule has 0 aliphatic carbocycles. The van der Waals surface area contributed by atoms with E-state index in [1.165, 1.54) is 0 Å². The lowest BCUT2D eigenvalue weighted by Crippen LogP contribution is -2.27. The van der Waals surface area contributed by atoms with Gasteiger partial charge in [0.1, 0.15) is 0 Å². The minimum atomic E-state index is -2.83. The van der Waals surface area contributed by atoms with Crippen LogP contribution in [0.1, 0.15) is 18.4 Å². The van der Waals surface area contributed by atoms with Crippen LogP contribution in [0.5, 0.6) is 0 Å². The Bertz CT molecular complexity index is 586. The van der Waals surface area contributed by atoms with Crippen LogP contribution in [-0.4, -0.2) is 32.4 Å². The summed E-state index contributed by atoms with van der Waals surface area (Å²) in [6, 6.07) is 7.25. The quantitative estimate of drug-likeness (QED) is 0.901. The number of amides is 1. The summed E-state index contributed by atoms with van der Waals surface area (Å²) in [6.07, 6.45) is 1.68. The van der Waals surface area contributed by atoms with Crippen molar-refractivity contribution >= 4 is 27.3 Å². The van der Waals surface area contributed by atoms with Gasteiger partial charge in [-0.05, 0) is 30.4 Å². The largest absolute Gasteiger partial charge is 0.356 e. The Labute approximate surface area is 124 Å². The maximum absolute atomic E-state index is 11.8. The van der Waals surface area contributed by atoms with E-state index in [9.17, 15) is 13.2 Å². The van der Waals surface area contributed by atoms with E-state index in [4.69, 9.17) is 11.6 Å². The van der Waals surface area contributed by atoms with E-state index in [1.807, 2.05) is 18.2 Å². The van der Waals surface area contributed by atoms with Gasteiger partial charge in [-0.3, -0.25) is 4.79 Å². The number of nitrogens with one attached hydrogen (secondary N) is 1. The molecule has 0 radical (unpaired) electrons. The molecule has 0 bridgehead atoms. The highest BCUT2D eigenvalue weighted by Gasteiger charge is 2.27. The summed E-state index contributed by atoms with van der Waals surface area (Å²) in [4.78, 5) is 11.8. The average Bonchev–Trinajstić information content (AvgIpc) is 2.72. The Morgan fingerprint density at radius 1 is 1.35 bits per heavy atom. The Morgan fingerprint density at radius 2 is 2.10 bits per heavy atom. The zero-order chi connectivity index (χ0) is 14.6. The van der Waals surface area contributed by atoms with Crippen LogP contribution in [0, 0.1) is 5.92 Å². The molecule has 1 amide bonds. The van der Waals surface area contributed by atoms with Gasteiger partial charge >= 0.3 is 0 Å². The molecule has 1 saturated heterocycles. The summed E-state index contributed by atoms with van der Waals surface area (Å²) in [5, 5.41) is 3.41. The van der Waals surface area contributed by atoms with Gasteiger partial charge in [0.05, 0.1) is 17.9 Å². The normalized spacial score (nSPS) is 20.8. The summed E-state index contributed by atoms with van der Waals surface area (Å²) in [5.41, 5.74) is 0.801. The van der Waals surface area contributed by atoms with Crippen LogP contribution in [0.15, 0.2) is 24.3 Å². The van der Waals surface area contributed by atoms with Crippen molar-refractivity contribution < 1.29 is 13.2 Å². The zero-order valence-corrected chi connectivity index (χ0v) is 12.7. The third-order valence-corrected chi connectivity index (χ3v) is 5.72. The van der Waals surface area contributed by atoms with E-state index in [-0.39, 0.29) is 29.8 Å². The summed E-state index contributed by atoms with van der Waals surface area (Å²) in [7, 11) is -2.83. The highest BCUT2D eigenvalue weighted by molar-refractivity contribution is 7.91. The fourth-order valence-electron chi connectivity index (χ4n) is 2.39. The monoisotopic (exact) mass is 315 g/mol. The average molecular weight is 316 g/mol. The highest BCUT2D eigenvalue weighted by Crippen LogP contribution is 2.21. The van der Waals surface area contributed by atoms with Crippen LogP contribution < -0.4 is 5.32 Å². The van der Waals surface area contributed by atoms with Crippen LogP contribution in [0.4, 0.5) is 0 Å². The molecule has 0 aromatic heterocycles. The molecule has 1 aliphatic rings. The second-order valence-corrected chi connectivity index (χ2v) is 7.81. The number of carbonyl (C=O) groups excluding carboxylic acids is 1. The number of sulfone groups is 1. The first-order chi connectivity index (χ1) is 9.46. The zero-order valence-electron chi connectivity index (χ0n) is 11.1. The van der Waals surface area contributed by atoms with Crippen molar-refractivity contribution in [3.63, 3.8) is 0 Å². The summed E-state index contributed by atoms with van der Waals surface area (Å²) in [5.74, 6) is 0.637. The molecule has 1 aliphatic heterocycles. The maximum Gasteiger partial charge on any atom is 0.224 e. The van der Waals surface area contributed by atoms with E-state index in [2.05, 4.69) is 5.32 Å². The lowest BCUT2D eigenvalue weighted by Gasteiger charge is -2.09. The fraction of sp³-hybridized carbons (Fsp3) is 0.500. The summed E-state index contributed by atoms with van der Waals surface area (Å²) in [6.45, 7) is 0.517. The molecule has 1 atom stereocenters. The molecule has 2 rings (SSSR count). The molecule has 4 nitrogen and oxygen atoms in total. The first-order valence-electron chi connectivity index (χ1n) is 6.67. The molecule has 1 aromatic rings. The minimum Gasteiger partial charge on any atom is -0.356 e. The van der Waals surface area contributed by atoms with E-state index in [0.717, 1.165) is 5.56 Å². The van der Waals surface area contributed by atoms with Gasteiger partial charge in [0, 0.05) is 11.6 Å². The highest BCUT2D eigenvalue weighted by atomic mass is 35.5. The smallest absolute Gasteiger partial charge is 0.224 e. The first-order valence-corrected chi connectivity index (χ1v) is 8.87. The lowest BCUT2D eigenvalue weighted by molar-refractivity contribution is -0.120. The van der Waals surface area contributed by atoms with Crippen molar-refractivity contribution in [3.05, 3.63) is 34.9 Å². The van der Waals surface area contributed by atoms with Gasteiger partial charge in [0.25, 0.3) is 0 Å². The SMILES string of the molecule is O=C(Cc1ccccc1Cl)NCCC1CCS(=O)(=O)C1. The van der Waals surface area contributed by atoms with Crippen LogP contribution in [-0.2, 0) is 21.1 Å². The number of halogens is 1. The molecule has 1 heterocycles. The molecular formula is C14H18ClNO3S. The Morgan fingerprint density at radius 3 is 2.75 bits per heavy atom. The van der Waals surface area contributed by atoms with Gasteiger partial charge in [0.2, 0.25) is 5.91 Å². The van der Waals surface area contributed by atoms with Crippen molar-refractivity contribution in [1.29, 1.82) is 0 Å². The number of rotatable bonds is 5. The lowest BCUT2D eigenvalue weighted by atomic mass is 10.1. The topological polar surface area (TPSA) is 63.2 Å². The molecule has 0 saturated carbocycles. The molecule has 1 fully saturated rings. The minimum absolute atomic E-state index is 0.0843. The first kappa shape index (κ1) is 15.3.